The number of piperidine rings is 1. The Morgan fingerprint density at radius 2 is 1.75 bits per heavy atom. The van der Waals surface area contributed by atoms with E-state index in [2.05, 4.69) is 0 Å². The highest BCUT2D eigenvalue weighted by Crippen LogP contribution is 2.23. The van der Waals surface area contributed by atoms with Crippen LogP contribution in [0.5, 0.6) is 11.5 Å². The lowest BCUT2D eigenvalue weighted by molar-refractivity contribution is -0.148. The van der Waals surface area contributed by atoms with E-state index in [4.69, 9.17) is 9.84 Å². The molecule has 1 heterocycles. The summed E-state index contributed by atoms with van der Waals surface area (Å²) < 4.78 is 42.3. The number of alkyl halides is 3. The molecule has 0 aliphatic carbocycles. The topological polar surface area (TPSA) is 32.7 Å². The second kappa shape index (κ2) is 6.35. The summed E-state index contributed by atoms with van der Waals surface area (Å²) in [6.07, 6.45) is -2.68. The van der Waals surface area contributed by atoms with Crippen molar-refractivity contribution in [2.75, 3.05) is 26.2 Å². The van der Waals surface area contributed by atoms with E-state index >= 15 is 0 Å². The number of ether oxygens (including phenoxy) is 1. The third-order valence-electron chi connectivity index (χ3n) is 3.43. The number of halogens is 3. The zero-order valence-corrected chi connectivity index (χ0v) is 11.1. The fourth-order valence-electron chi connectivity index (χ4n) is 2.32. The third kappa shape index (κ3) is 4.92. The summed E-state index contributed by atoms with van der Waals surface area (Å²) in [5.74, 6) is 1.13. The smallest absolute Gasteiger partial charge is 0.401 e. The van der Waals surface area contributed by atoms with Gasteiger partial charge in [-0.15, -0.1) is 0 Å². The van der Waals surface area contributed by atoms with E-state index in [-0.39, 0.29) is 11.7 Å². The molecule has 20 heavy (non-hydrogen) atoms. The first-order valence-corrected chi connectivity index (χ1v) is 6.63. The average Bonchev–Trinajstić information content (AvgIpc) is 2.38. The Balaban J connectivity index is 1.70. The second-order valence-corrected chi connectivity index (χ2v) is 5.14. The van der Waals surface area contributed by atoms with E-state index in [0.717, 1.165) is 0 Å². The van der Waals surface area contributed by atoms with E-state index in [0.29, 0.717) is 38.3 Å². The highest BCUT2D eigenvalue weighted by atomic mass is 19.4. The van der Waals surface area contributed by atoms with E-state index in [9.17, 15) is 13.2 Å². The van der Waals surface area contributed by atoms with Gasteiger partial charge in [0, 0.05) is 0 Å². The summed E-state index contributed by atoms with van der Waals surface area (Å²) in [5, 5.41) is 9.14. The van der Waals surface area contributed by atoms with Gasteiger partial charge >= 0.3 is 6.18 Å². The minimum Gasteiger partial charge on any atom is -0.508 e. The van der Waals surface area contributed by atoms with Crippen LogP contribution in [0.15, 0.2) is 24.3 Å². The predicted octanol–water partition coefficient (Wildman–Crippen LogP) is 3.05. The minimum absolute atomic E-state index is 0.179. The van der Waals surface area contributed by atoms with Crippen molar-refractivity contribution in [3.05, 3.63) is 24.3 Å². The van der Waals surface area contributed by atoms with Crippen molar-refractivity contribution in [2.45, 2.75) is 19.0 Å². The molecule has 3 nitrogen and oxygen atoms in total. The van der Waals surface area contributed by atoms with Crippen molar-refractivity contribution in [2.24, 2.45) is 5.92 Å². The summed E-state index contributed by atoms with van der Waals surface area (Å²) in [6, 6.07) is 6.44. The van der Waals surface area contributed by atoms with Crippen LogP contribution in [0.25, 0.3) is 0 Å². The number of phenols is 1. The molecule has 0 saturated carbocycles. The van der Waals surface area contributed by atoms with Gasteiger partial charge in [0.1, 0.15) is 11.5 Å². The van der Waals surface area contributed by atoms with Crippen molar-refractivity contribution < 1.29 is 23.0 Å². The van der Waals surface area contributed by atoms with Gasteiger partial charge in [-0.3, -0.25) is 4.90 Å². The van der Waals surface area contributed by atoms with Crippen LogP contribution < -0.4 is 4.74 Å². The molecule has 1 aliphatic rings. The van der Waals surface area contributed by atoms with Crippen LogP contribution in [-0.2, 0) is 0 Å². The van der Waals surface area contributed by atoms with Gasteiger partial charge in [-0.05, 0) is 56.1 Å². The Morgan fingerprint density at radius 1 is 1.15 bits per heavy atom. The Hall–Kier alpha value is -1.43. The minimum atomic E-state index is -4.12. The van der Waals surface area contributed by atoms with Crippen molar-refractivity contribution >= 4 is 0 Å². The van der Waals surface area contributed by atoms with Gasteiger partial charge < -0.3 is 9.84 Å². The molecule has 1 fully saturated rings. The Labute approximate surface area is 116 Å². The third-order valence-corrected chi connectivity index (χ3v) is 3.43. The standard InChI is InChI=1S/C14H18F3NO2/c15-14(16,17)10-18-7-5-11(6-8-18)9-20-13-3-1-12(19)2-4-13/h1-4,11,19H,5-10H2. The van der Waals surface area contributed by atoms with Crippen LogP contribution in [-0.4, -0.2) is 42.4 Å². The molecule has 0 atom stereocenters. The van der Waals surface area contributed by atoms with Gasteiger partial charge in [-0.2, -0.15) is 13.2 Å². The first kappa shape index (κ1) is 15.0. The molecule has 0 unspecified atom stereocenters. The quantitative estimate of drug-likeness (QED) is 0.924. The zero-order valence-electron chi connectivity index (χ0n) is 11.1. The highest BCUT2D eigenvalue weighted by Gasteiger charge is 2.32. The molecule has 1 aromatic rings. The molecule has 1 aliphatic heterocycles. The van der Waals surface area contributed by atoms with Crippen molar-refractivity contribution in [1.82, 2.24) is 4.90 Å². The Kier molecular flexibility index (Phi) is 4.75. The van der Waals surface area contributed by atoms with Crippen LogP contribution in [0, 0.1) is 5.92 Å². The molecular weight excluding hydrogens is 271 g/mol. The van der Waals surface area contributed by atoms with Crippen LogP contribution in [0.2, 0.25) is 0 Å². The number of benzene rings is 1. The Bertz CT molecular complexity index is 411. The normalized spacial score (nSPS) is 18.1. The van der Waals surface area contributed by atoms with E-state index in [1.54, 1.807) is 24.3 Å². The van der Waals surface area contributed by atoms with Gasteiger partial charge in [0.15, 0.2) is 0 Å². The lowest BCUT2D eigenvalue weighted by Crippen LogP contribution is -2.41. The number of hydrogen-bond acceptors (Lipinski definition) is 3. The van der Waals surface area contributed by atoms with Crippen LogP contribution in [0.1, 0.15) is 12.8 Å². The summed E-state index contributed by atoms with van der Waals surface area (Å²) in [4.78, 5) is 1.44. The fraction of sp³-hybridized carbons (Fsp3) is 0.571. The maximum atomic E-state index is 12.3. The summed E-state index contributed by atoms with van der Waals surface area (Å²) >= 11 is 0. The molecule has 0 bridgehead atoms. The number of aromatic hydroxyl groups is 1. The molecular formula is C14H18F3NO2. The number of nitrogens with zero attached hydrogens (tertiary/aromatic N) is 1. The lowest BCUT2D eigenvalue weighted by atomic mass is 9.98. The van der Waals surface area contributed by atoms with Gasteiger partial charge in [-0.1, -0.05) is 0 Å². The SMILES string of the molecule is Oc1ccc(OCC2CCN(CC(F)(F)F)CC2)cc1. The van der Waals surface area contributed by atoms with Crippen LogP contribution in [0.4, 0.5) is 13.2 Å². The highest BCUT2D eigenvalue weighted by molar-refractivity contribution is 5.30. The Morgan fingerprint density at radius 3 is 2.30 bits per heavy atom. The van der Waals surface area contributed by atoms with Crippen molar-refractivity contribution in [1.29, 1.82) is 0 Å². The monoisotopic (exact) mass is 289 g/mol. The van der Waals surface area contributed by atoms with Gasteiger partial charge in [0.2, 0.25) is 0 Å². The van der Waals surface area contributed by atoms with E-state index in [1.807, 2.05) is 0 Å². The van der Waals surface area contributed by atoms with Crippen molar-refractivity contribution in [3.63, 3.8) is 0 Å². The summed E-state index contributed by atoms with van der Waals surface area (Å²) in [5.41, 5.74) is 0. The molecule has 6 heteroatoms. The number of likely N-dealkylation sites (tertiary alicyclic amines) is 1. The number of hydrogen-bond donors (Lipinski definition) is 1. The van der Waals surface area contributed by atoms with Crippen molar-refractivity contribution in [3.8, 4) is 11.5 Å². The maximum Gasteiger partial charge on any atom is 0.401 e. The first-order chi connectivity index (χ1) is 9.42. The molecule has 0 spiro atoms. The van der Waals surface area contributed by atoms with Gasteiger partial charge in [0.25, 0.3) is 0 Å². The lowest BCUT2D eigenvalue weighted by Gasteiger charge is -2.32. The van der Waals surface area contributed by atoms with E-state index < -0.39 is 12.7 Å². The molecule has 1 N–H and O–H groups in total. The summed E-state index contributed by atoms with van der Waals surface area (Å²) in [7, 11) is 0. The molecule has 2 rings (SSSR count). The van der Waals surface area contributed by atoms with Crippen LogP contribution in [0.3, 0.4) is 0 Å². The van der Waals surface area contributed by atoms with Gasteiger partial charge in [-0.25, -0.2) is 0 Å². The molecule has 1 saturated heterocycles. The van der Waals surface area contributed by atoms with Crippen LogP contribution >= 0.6 is 0 Å². The largest absolute Gasteiger partial charge is 0.508 e. The number of phenolic OH excluding ortho intramolecular Hbond substituents is 1. The fourth-order valence-corrected chi connectivity index (χ4v) is 2.32. The molecule has 0 radical (unpaired) electrons. The first-order valence-electron chi connectivity index (χ1n) is 6.63. The summed E-state index contributed by atoms with van der Waals surface area (Å²) in [6.45, 7) is 0.607. The second-order valence-electron chi connectivity index (χ2n) is 5.14. The maximum absolute atomic E-state index is 12.3. The number of rotatable bonds is 4. The average molecular weight is 289 g/mol. The molecule has 112 valence electrons. The zero-order chi connectivity index (χ0) is 14.6. The molecule has 1 aromatic carbocycles. The van der Waals surface area contributed by atoms with E-state index in [1.165, 1.54) is 4.90 Å². The molecule has 0 aromatic heterocycles. The molecule has 0 amide bonds. The van der Waals surface area contributed by atoms with Gasteiger partial charge in [0.05, 0.1) is 13.2 Å². The predicted molar refractivity (Wildman–Crippen MR) is 68.8 cm³/mol.